The largest absolute Gasteiger partial charge is 0.480 e. The molecule has 0 heterocycles. The van der Waals surface area contributed by atoms with Gasteiger partial charge in [-0.15, -0.1) is 0 Å². The van der Waals surface area contributed by atoms with Crippen LogP contribution in [0.25, 0.3) is 0 Å². The summed E-state index contributed by atoms with van der Waals surface area (Å²) in [6.45, 7) is 4.32. The second-order valence-electron chi connectivity index (χ2n) is 5.69. The van der Waals surface area contributed by atoms with Crippen LogP contribution in [0.5, 0.6) is 0 Å². The van der Waals surface area contributed by atoms with Crippen LogP contribution < -0.4 is 10.6 Å². The number of carbonyl (C=O) groups excluding carboxylic acids is 1. The number of amides is 2. The predicted molar refractivity (Wildman–Crippen MR) is 75.6 cm³/mol. The molecule has 6 heteroatoms. The summed E-state index contributed by atoms with van der Waals surface area (Å²) in [5.41, 5.74) is -1.12. The third-order valence-electron chi connectivity index (χ3n) is 4.09. The van der Waals surface area contributed by atoms with Crippen molar-refractivity contribution in [2.45, 2.75) is 57.5 Å². The van der Waals surface area contributed by atoms with Gasteiger partial charge in [-0.2, -0.15) is 0 Å². The number of rotatable bonds is 6. The molecule has 0 radical (unpaired) electrons. The number of hydrogen-bond donors (Lipinski definition) is 3. The smallest absolute Gasteiger partial charge is 0.329 e. The Morgan fingerprint density at radius 3 is 2.45 bits per heavy atom. The number of urea groups is 1. The van der Waals surface area contributed by atoms with Crippen molar-refractivity contribution in [3.05, 3.63) is 0 Å². The van der Waals surface area contributed by atoms with Gasteiger partial charge < -0.3 is 20.5 Å². The van der Waals surface area contributed by atoms with E-state index in [1.165, 1.54) is 0 Å². The third-order valence-corrected chi connectivity index (χ3v) is 4.09. The fraction of sp³-hybridized carbons (Fsp3) is 0.857. The van der Waals surface area contributed by atoms with Gasteiger partial charge in [-0.25, -0.2) is 9.59 Å². The van der Waals surface area contributed by atoms with E-state index >= 15 is 0 Å². The molecule has 0 bridgehead atoms. The predicted octanol–water partition coefficient (Wildman–Crippen LogP) is 1.74. The fourth-order valence-electron chi connectivity index (χ4n) is 2.74. The minimum atomic E-state index is -1.12. The van der Waals surface area contributed by atoms with E-state index in [-0.39, 0.29) is 6.04 Å². The first kappa shape index (κ1) is 16.8. The number of carbonyl (C=O) groups is 2. The molecule has 0 spiro atoms. The highest BCUT2D eigenvalue weighted by Gasteiger charge is 2.43. The first-order valence-corrected chi connectivity index (χ1v) is 7.24. The second-order valence-corrected chi connectivity index (χ2v) is 5.69. The number of aliphatic carboxylic acids is 1. The van der Waals surface area contributed by atoms with Crippen LogP contribution in [0.2, 0.25) is 0 Å². The lowest BCUT2D eigenvalue weighted by Crippen LogP contribution is -2.59. The molecule has 1 atom stereocenters. The van der Waals surface area contributed by atoms with Crippen LogP contribution in [-0.2, 0) is 9.53 Å². The highest BCUT2D eigenvalue weighted by atomic mass is 16.5. The van der Waals surface area contributed by atoms with Gasteiger partial charge in [-0.1, -0.05) is 13.3 Å². The molecule has 116 valence electrons. The van der Waals surface area contributed by atoms with E-state index in [0.717, 1.165) is 19.3 Å². The van der Waals surface area contributed by atoms with Gasteiger partial charge in [-0.3, -0.25) is 0 Å². The van der Waals surface area contributed by atoms with E-state index in [9.17, 15) is 14.7 Å². The van der Waals surface area contributed by atoms with Crippen LogP contribution >= 0.6 is 0 Å². The maximum Gasteiger partial charge on any atom is 0.329 e. The van der Waals surface area contributed by atoms with E-state index in [0.29, 0.717) is 25.4 Å². The standard InChI is InChI=1S/C14H26N2O4/c1-4-11-5-7-14(8-6-11,12(17)18)16-13(19)15-10(2)9-20-3/h10-11H,4-9H2,1-3H3,(H,17,18)(H2,15,16,19). The molecule has 2 amide bonds. The van der Waals surface area contributed by atoms with Crippen molar-refractivity contribution in [1.82, 2.24) is 10.6 Å². The Balaban J connectivity index is 2.59. The van der Waals surface area contributed by atoms with Crippen LogP contribution in [0, 0.1) is 5.92 Å². The summed E-state index contributed by atoms with van der Waals surface area (Å²) in [4.78, 5) is 23.5. The van der Waals surface area contributed by atoms with Crippen molar-refractivity contribution < 1.29 is 19.4 Å². The summed E-state index contributed by atoms with van der Waals surface area (Å²) >= 11 is 0. The normalized spacial score (nSPS) is 27.6. The average molecular weight is 286 g/mol. The summed E-state index contributed by atoms with van der Waals surface area (Å²) in [5.74, 6) is -0.374. The number of hydrogen-bond acceptors (Lipinski definition) is 3. The highest BCUT2D eigenvalue weighted by molar-refractivity contribution is 5.86. The summed E-state index contributed by atoms with van der Waals surface area (Å²) in [6.07, 6.45) is 3.74. The molecule has 6 nitrogen and oxygen atoms in total. The number of ether oxygens (including phenoxy) is 1. The zero-order chi connectivity index (χ0) is 15.2. The Labute approximate surface area is 120 Å². The number of methoxy groups -OCH3 is 1. The molecule has 1 aliphatic rings. The molecule has 0 aliphatic heterocycles. The van der Waals surface area contributed by atoms with E-state index in [1.807, 2.05) is 6.92 Å². The SMILES string of the molecule is CCC1CCC(NC(=O)NC(C)COC)(C(=O)O)CC1. The highest BCUT2D eigenvalue weighted by Crippen LogP contribution is 2.33. The topological polar surface area (TPSA) is 87.7 Å². The van der Waals surface area contributed by atoms with E-state index in [4.69, 9.17) is 4.74 Å². The van der Waals surface area contributed by atoms with E-state index < -0.39 is 17.5 Å². The van der Waals surface area contributed by atoms with Gasteiger partial charge in [0.05, 0.1) is 12.6 Å². The zero-order valence-electron chi connectivity index (χ0n) is 12.6. The quantitative estimate of drug-likeness (QED) is 0.694. The molecule has 3 N–H and O–H groups in total. The molecule has 1 unspecified atom stereocenters. The van der Waals surface area contributed by atoms with Crippen LogP contribution in [0.4, 0.5) is 4.79 Å². The Kier molecular flexibility index (Phi) is 6.26. The van der Waals surface area contributed by atoms with Crippen LogP contribution in [0.1, 0.15) is 46.0 Å². The van der Waals surface area contributed by atoms with E-state index in [1.54, 1.807) is 7.11 Å². The summed E-state index contributed by atoms with van der Waals surface area (Å²) in [6, 6.07) is -0.593. The van der Waals surface area contributed by atoms with Crippen molar-refractivity contribution in [2.75, 3.05) is 13.7 Å². The molecule has 1 fully saturated rings. The van der Waals surface area contributed by atoms with Crippen molar-refractivity contribution in [3.63, 3.8) is 0 Å². The molecule has 0 saturated heterocycles. The molecule has 0 aromatic rings. The van der Waals surface area contributed by atoms with Gasteiger partial charge in [0.15, 0.2) is 0 Å². The van der Waals surface area contributed by atoms with Crippen molar-refractivity contribution >= 4 is 12.0 Å². The third kappa shape index (κ3) is 4.37. The van der Waals surface area contributed by atoms with Gasteiger partial charge in [0, 0.05) is 7.11 Å². The van der Waals surface area contributed by atoms with E-state index in [2.05, 4.69) is 17.6 Å². The molecule has 1 saturated carbocycles. The monoisotopic (exact) mass is 286 g/mol. The Hall–Kier alpha value is -1.30. The lowest BCUT2D eigenvalue weighted by atomic mass is 9.75. The number of nitrogens with one attached hydrogen (secondary N) is 2. The molecule has 1 aliphatic carbocycles. The number of carboxylic acid groups (broad SMARTS) is 1. The summed E-state index contributed by atoms with van der Waals surface area (Å²) in [5, 5.41) is 14.8. The molecule has 20 heavy (non-hydrogen) atoms. The molecule has 0 aromatic carbocycles. The Morgan fingerprint density at radius 2 is 2.00 bits per heavy atom. The average Bonchev–Trinajstić information content (AvgIpc) is 2.39. The Bertz CT molecular complexity index is 338. The number of carboxylic acids is 1. The molecule has 1 rings (SSSR count). The van der Waals surface area contributed by atoms with Gasteiger partial charge in [0.2, 0.25) is 0 Å². The van der Waals surface area contributed by atoms with Crippen LogP contribution in [0.15, 0.2) is 0 Å². The summed E-state index contributed by atoms with van der Waals surface area (Å²) in [7, 11) is 1.56. The first-order chi connectivity index (χ1) is 9.43. The molecular formula is C14H26N2O4. The first-order valence-electron chi connectivity index (χ1n) is 7.24. The minimum absolute atomic E-state index is 0.155. The maximum atomic E-state index is 11.9. The van der Waals surface area contributed by atoms with Crippen molar-refractivity contribution in [1.29, 1.82) is 0 Å². The van der Waals surface area contributed by atoms with Crippen molar-refractivity contribution in [2.24, 2.45) is 5.92 Å². The van der Waals surface area contributed by atoms with Crippen molar-refractivity contribution in [3.8, 4) is 0 Å². The second kappa shape index (κ2) is 7.47. The molecule has 0 aromatic heterocycles. The lowest BCUT2D eigenvalue weighted by molar-refractivity contribution is -0.146. The Morgan fingerprint density at radius 1 is 1.40 bits per heavy atom. The van der Waals surface area contributed by atoms with Gasteiger partial charge in [0.25, 0.3) is 0 Å². The maximum absolute atomic E-state index is 11.9. The van der Waals surface area contributed by atoms with Crippen LogP contribution in [0.3, 0.4) is 0 Å². The fourth-order valence-corrected chi connectivity index (χ4v) is 2.74. The van der Waals surface area contributed by atoms with Gasteiger partial charge in [-0.05, 0) is 38.5 Å². The molecular weight excluding hydrogens is 260 g/mol. The van der Waals surface area contributed by atoms with Gasteiger partial charge >= 0.3 is 12.0 Å². The van der Waals surface area contributed by atoms with Crippen LogP contribution in [-0.4, -0.2) is 42.4 Å². The van der Waals surface area contributed by atoms with Gasteiger partial charge in [0.1, 0.15) is 5.54 Å². The lowest BCUT2D eigenvalue weighted by Gasteiger charge is -2.37. The summed E-state index contributed by atoms with van der Waals surface area (Å²) < 4.78 is 4.94. The minimum Gasteiger partial charge on any atom is -0.480 e. The zero-order valence-corrected chi connectivity index (χ0v) is 12.6.